The van der Waals surface area contributed by atoms with E-state index in [0.29, 0.717) is 11.6 Å². The van der Waals surface area contributed by atoms with E-state index in [9.17, 15) is 13.2 Å². The van der Waals surface area contributed by atoms with Crippen LogP contribution in [0.4, 0.5) is 18.9 Å². The van der Waals surface area contributed by atoms with Gasteiger partial charge in [-0.2, -0.15) is 0 Å². The van der Waals surface area contributed by atoms with Gasteiger partial charge < -0.3 is 10.2 Å². The molecule has 1 aliphatic rings. The molecule has 1 aromatic rings. The Hall–Kier alpha value is -1.23. The molecule has 0 radical (unpaired) electrons. The quantitative estimate of drug-likeness (QED) is 0.858. The number of nitrogens with zero attached hydrogens (tertiary/aromatic N) is 1. The second kappa shape index (κ2) is 5.64. The minimum Gasteiger partial charge on any atom is -0.371 e. The van der Waals surface area contributed by atoms with Gasteiger partial charge in [0.1, 0.15) is 0 Å². The van der Waals surface area contributed by atoms with Crippen LogP contribution in [-0.4, -0.2) is 25.2 Å². The van der Waals surface area contributed by atoms with Crippen LogP contribution in [0.3, 0.4) is 0 Å². The minimum atomic E-state index is -1.40. The van der Waals surface area contributed by atoms with Gasteiger partial charge in [-0.3, -0.25) is 0 Å². The lowest BCUT2D eigenvalue weighted by molar-refractivity contribution is 0.383. The summed E-state index contributed by atoms with van der Waals surface area (Å²) >= 11 is 0. The van der Waals surface area contributed by atoms with Crippen LogP contribution in [0.5, 0.6) is 0 Å². The van der Waals surface area contributed by atoms with E-state index in [2.05, 4.69) is 26.1 Å². The van der Waals surface area contributed by atoms with Crippen molar-refractivity contribution in [1.29, 1.82) is 0 Å². The molecule has 2 nitrogen and oxygen atoms in total. The third-order valence-corrected chi connectivity index (χ3v) is 3.54. The number of halogens is 3. The van der Waals surface area contributed by atoms with Gasteiger partial charge in [-0.05, 0) is 33.1 Å². The average molecular weight is 286 g/mol. The molecule has 0 spiro atoms. The highest BCUT2D eigenvalue weighted by molar-refractivity contribution is 5.48. The molecule has 1 aliphatic heterocycles. The number of nitrogens with one attached hydrogen (secondary N) is 1. The van der Waals surface area contributed by atoms with E-state index in [-0.39, 0.29) is 5.54 Å². The van der Waals surface area contributed by atoms with Crippen LogP contribution >= 0.6 is 0 Å². The van der Waals surface area contributed by atoms with Gasteiger partial charge in [0, 0.05) is 43.0 Å². The summed E-state index contributed by atoms with van der Waals surface area (Å²) in [5.74, 6) is -3.23. The summed E-state index contributed by atoms with van der Waals surface area (Å²) in [5, 5.41) is 3.43. The topological polar surface area (TPSA) is 15.3 Å². The molecule has 5 heteroatoms. The fourth-order valence-electron chi connectivity index (χ4n) is 2.41. The first-order valence-electron chi connectivity index (χ1n) is 6.91. The fraction of sp³-hybridized carbons (Fsp3) is 0.600. The van der Waals surface area contributed by atoms with Crippen molar-refractivity contribution < 1.29 is 13.2 Å². The molecule has 0 saturated carbocycles. The van der Waals surface area contributed by atoms with Crippen LogP contribution in [0.1, 0.15) is 27.2 Å². The van der Waals surface area contributed by atoms with Crippen LogP contribution in [0.25, 0.3) is 0 Å². The summed E-state index contributed by atoms with van der Waals surface area (Å²) in [6.45, 7) is 8.64. The summed E-state index contributed by atoms with van der Waals surface area (Å²) in [6.07, 6.45) is 0.962. The first-order chi connectivity index (χ1) is 9.26. The average Bonchev–Trinajstić information content (AvgIpc) is 2.81. The lowest BCUT2D eigenvalue weighted by atomic mass is 10.1. The molecule has 20 heavy (non-hydrogen) atoms. The van der Waals surface area contributed by atoms with Crippen LogP contribution in [0.2, 0.25) is 0 Å². The molecule has 0 aromatic heterocycles. The zero-order valence-corrected chi connectivity index (χ0v) is 12.1. The molecule has 0 aliphatic carbocycles. The molecule has 1 heterocycles. The Morgan fingerprint density at radius 1 is 1.20 bits per heavy atom. The van der Waals surface area contributed by atoms with Gasteiger partial charge in [-0.15, -0.1) is 0 Å². The van der Waals surface area contributed by atoms with Crippen molar-refractivity contribution >= 4 is 5.69 Å². The monoisotopic (exact) mass is 286 g/mol. The highest BCUT2D eigenvalue weighted by Crippen LogP contribution is 2.26. The van der Waals surface area contributed by atoms with E-state index in [1.54, 1.807) is 0 Å². The predicted molar refractivity (Wildman–Crippen MR) is 74.4 cm³/mol. The molecule has 1 saturated heterocycles. The third-order valence-electron chi connectivity index (χ3n) is 3.54. The van der Waals surface area contributed by atoms with Crippen LogP contribution in [0, 0.1) is 23.4 Å². The molecule has 112 valence electrons. The van der Waals surface area contributed by atoms with Gasteiger partial charge in [0.05, 0.1) is 0 Å². The van der Waals surface area contributed by atoms with E-state index in [0.717, 1.165) is 38.2 Å². The molecule has 0 amide bonds. The lowest BCUT2D eigenvalue weighted by Gasteiger charge is -2.24. The Morgan fingerprint density at radius 2 is 1.80 bits per heavy atom. The standard InChI is InChI=1S/C15H21F3N2/c1-15(2,3)19-8-10-4-5-20(9-10)11-6-12(16)14(18)13(17)7-11/h6-7,10,19H,4-5,8-9H2,1-3H3. The number of hydrogen-bond acceptors (Lipinski definition) is 2. The molecular weight excluding hydrogens is 265 g/mol. The minimum absolute atomic E-state index is 0.0571. The van der Waals surface area contributed by atoms with Crippen LogP contribution in [-0.2, 0) is 0 Å². The number of anilines is 1. The van der Waals surface area contributed by atoms with Crippen molar-refractivity contribution in [2.24, 2.45) is 5.92 Å². The molecule has 1 unspecified atom stereocenters. The van der Waals surface area contributed by atoms with Crippen LogP contribution < -0.4 is 10.2 Å². The van der Waals surface area contributed by atoms with Gasteiger partial charge >= 0.3 is 0 Å². The number of rotatable bonds is 3. The van der Waals surface area contributed by atoms with E-state index in [1.807, 2.05) is 4.90 Å². The van der Waals surface area contributed by atoms with Crippen molar-refractivity contribution in [2.45, 2.75) is 32.7 Å². The Labute approximate surface area is 118 Å². The molecular formula is C15H21F3N2. The summed E-state index contributed by atoms with van der Waals surface area (Å²) in [6, 6.07) is 2.13. The van der Waals surface area contributed by atoms with Gasteiger partial charge in [0.15, 0.2) is 17.5 Å². The van der Waals surface area contributed by atoms with Crippen molar-refractivity contribution in [3.8, 4) is 0 Å². The summed E-state index contributed by atoms with van der Waals surface area (Å²) in [7, 11) is 0. The zero-order valence-electron chi connectivity index (χ0n) is 12.1. The fourth-order valence-corrected chi connectivity index (χ4v) is 2.41. The molecule has 1 aromatic carbocycles. The summed E-state index contributed by atoms with van der Waals surface area (Å²) < 4.78 is 39.4. The van der Waals surface area contributed by atoms with Crippen molar-refractivity contribution in [3.63, 3.8) is 0 Å². The zero-order chi connectivity index (χ0) is 14.9. The first-order valence-corrected chi connectivity index (χ1v) is 6.91. The third kappa shape index (κ3) is 3.66. The maximum atomic E-state index is 13.2. The number of hydrogen-bond donors (Lipinski definition) is 1. The van der Waals surface area contributed by atoms with Gasteiger partial charge in [-0.1, -0.05) is 0 Å². The molecule has 1 N–H and O–H groups in total. The van der Waals surface area contributed by atoms with Gasteiger partial charge in [0.25, 0.3) is 0 Å². The highest BCUT2D eigenvalue weighted by Gasteiger charge is 2.25. The number of benzene rings is 1. The van der Waals surface area contributed by atoms with Gasteiger partial charge in [-0.25, -0.2) is 13.2 Å². The normalized spacial score (nSPS) is 19.7. The van der Waals surface area contributed by atoms with Gasteiger partial charge in [0.2, 0.25) is 0 Å². The van der Waals surface area contributed by atoms with E-state index in [4.69, 9.17) is 0 Å². The smallest absolute Gasteiger partial charge is 0.194 e. The maximum absolute atomic E-state index is 13.2. The largest absolute Gasteiger partial charge is 0.371 e. The van der Waals surface area contributed by atoms with E-state index < -0.39 is 17.5 Å². The maximum Gasteiger partial charge on any atom is 0.194 e. The Balaban J connectivity index is 1.99. The summed E-state index contributed by atoms with van der Waals surface area (Å²) in [4.78, 5) is 1.90. The molecule has 1 fully saturated rings. The second-order valence-corrected chi connectivity index (χ2v) is 6.46. The van der Waals surface area contributed by atoms with Crippen molar-refractivity contribution in [1.82, 2.24) is 5.32 Å². The Morgan fingerprint density at radius 3 is 2.35 bits per heavy atom. The molecule has 1 atom stereocenters. The van der Waals surface area contributed by atoms with E-state index >= 15 is 0 Å². The molecule has 2 rings (SSSR count). The lowest BCUT2D eigenvalue weighted by Crippen LogP contribution is -2.39. The van der Waals surface area contributed by atoms with E-state index in [1.165, 1.54) is 0 Å². The Kier molecular flexibility index (Phi) is 4.28. The first kappa shape index (κ1) is 15.2. The second-order valence-electron chi connectivity index (χ2n) is 6.46. The van der Waals surface area contributed by atoms with Crippen LogP contribution in [0.15, 0.2) is 12.1 Å². The Bertz CT molecular complexity index is 459. The SMILES string of the molecule is CC(C)(C)NCC1CCN(c2cc(F)c(F)c(F)c2)C1. The molecule has 0 bridgehead atoms. The van der Waals surface area contributed by atoms with Crippen molar-refractivity contribution in [2.75, 3.05) is 24.5 Å². The predicted octanol–water partition coefficient (Wildman–Crippen LogP) is 3.32. The highest BCUT2D eigenvalue weighted by atomic mass is 19.2. The van der Waals surface area contributed by atoms with Crippen molar-refractivity contribution in [3.05, 3.63) is 29.6 Å². The summed E-state index contributed by atoms with van der Waals surface area (Å²) in [5.41, 5.74) is 0.473.